The molecule has 0 bridgehead atoms. The molecule has 5 nitrogen and oxygen atoms in total. The fourth-order valence-corrected chi connectivity index (χ4v) is 4.49. The van der Waals surface area contributed by atoms with Crippen molar-refractivity contribution in [2.75, 3.05) is 26.2 Å². The number of likely N-dealkylation sites (tertiary alicyclic amines) is 2. The minimum Gasteiger partial charge on any atom is -0.352 e. The molecule has 2 amide bonds. The third kappa shape index (κ3) is 5.59. The first-order valence-electron chi connectivity index (χ1n) is 11.0. The van der Waals surface area contributed by atoms with Crippen molar-refractivity contribution in [3.8, 4) is 0 Å². The lowest BCUT2D eigenvalue weighted by atomic mass is 9.84. The van der Waals surface area contributed by atoms with Gasteiger partial charge in [-0.3, -0.25) is 14.5 Å². The molecule has 0 aromatic heterocycles. The van der Waals surface area contributed by atoms with Crippen LogP contribution in [-0.4, -0.2) is 60.0 Å². The predicted octanol–water partition coefficient (Wildman–Crippen LogP) is 3.59. The summed E-state index contributed by atoms with van der Waals surface area (Å²) in [5, 5.41) is 2.67. The molecule has 2 heterocycles. The molecule has 1 aromatic rings. The number of rotatable bonds is 6. The topological polar surface area (TPSA) is 52.7 Å². The van der Waals surface area contributed by atoms with Crippen molar-refractivity contribution in [2.24, 2.45) is 11.3 Å². The molecule has 0 aliphatic carbocycles. The quantitative estimate of drug-likeness (QED) is 0.737. The maximum absolute atomic E-state index is 14.1. The van der Waals surface area contributed by atoms with Crippen LogP contribution in [0.4, 0.5) is 13.2 Å². The van der Waals surface area contributed by atoms with Gasteiger partial charge in [-0.1, -0.05) is 44.2 Å². The summed E-state index contributed by atoms with van der Waals surface area (Å²) < 4.78 is 42.2. The van der Waals surface area contributed by atoms with Crippen LogP contribution in [0, 0.1) is 11.3 Å². The van der Waals surface area contributed by atoms with Crippen LogP contribution >= 0.6 is 0 Å². The molecule has 2 aliphatic rings. The van der Waals surface area contributed by atoms with E-state index in [-0.39, 0.29) is 37.4 Å². The Labute approximate surface area is 182 Å². The molecule has 1 atom stereocenters. The maximum Gasteiger partial charge on any atom is 0.404 e. The average Bonchev–Trinajstić information content (AvgIpc) is 3.14. The van der Waals surface area contributed by atoms with Crippen LogP contribution in [0.1, 0.15) is 45.1 Å². The Balaban J connectivity index is 1.60. The Bertz CT molecular complexity index is 761. The summed E-state index contributed by atoms with van der Waals surface area (Å²) in [5.41, 5.74) is -1.45. The van der Waals surface area contributed by atoms with E-state index in [0.29, 0.717) is 38.9 Å². The number of nitrogens with zero attached hydrogens (tertiary/aromatic N) is 2. The molecular formula is C23H32F3N3O2. The number of halogens is 3. The zero-order valence-electron chi connectivity index (χ0n) is 18.3. The van der Waals surface area contributed by atoms with Gasteiger partial charge in [-0.2, -0.15) is 13.2 Å². The molecule has 1 N–H and O–H groups in total. The third-order valence-electron chi connectivity index (χ3n) is 6.34. The highest BCUT2D eigenvalue weighted by Gasteiger charge is 2.63. The fraction of sp³-hybridized carbons (Fsp3) is 0.652. The molecule has 0 saturated carbocycles. The van der Waals surface area contributed by atoms with E-state index in [4.69, 9.17) is 0 Å². The highest BCUT2D eigenvalue weighted by Crippen LogP contribution is 2.46. The molecular weight excluding hydrogens is 407 g/mol. The van der Waals surface area contributed by atoms with Gasteiger partial charge in [-0.25, -0.2) is 0 Å². The SMILES string of the molecule is CC(C)CC(=O)N1CCC(NC(=O)C2(C(F)(F)F)CCN(Cc3ccccc3)C2)CC1. The molecule has 1 unspecified atom stereocenters. The molecule has 0 radical (unpaired) electrons. The Hall–Kier alpha value is -2.09. The summed E-state index contributed by atoms with van der Waals surface area (Å²) in [6.07, 6.45) is -3.42. The lowest BCUT2D eigenvalue weighted by Gasteiger charge is -2.36. The largest absolute Gasteiger partial charge is 0.404 e. The van der Waals surface area contributed by atoms with Crippen molar-refractivity contribution < 1.29 is 22.8 Å². The third-order valence-corrected chi connectivity index (χ3v) is 6.34. The molecule has 2 fully saturated rings. The zero-order valence-corrected chi connectivity index (χ0v) is 18.3. The van der Waals surface area contributed by atoms with Crippen LogP contribution in [-0.2, 0) is 16.1 Å². The summed E-state index contributed by atoms with van der Waals surface area (Å²) >= 11 is 0. The first-order valence-corrected chi connectivity index (χ1v) is 11.0. The maximum atomic E-state index is 14.1. The highest BCUT2D eigenvalue weighted by molar-refractivity contribution is 5.84. The van der Waals surface area contributed by atoms with Crippen molar-refractivity contribution >= 4 is 11.8 Å². The normalized spacial score (nSPS) is 23.4. The van der Waals surface area contributed by atoms with Crippen LogP contribution in [0.15, 0.2) is 30.3 Å². The van der Waals surface area contributed by atoms with Gasteiger partial charge in [0.05, 0.1) is 0 Å². The predicted molar refractivity (Wildman–Crippen MR) is 112 cm³/mol. The molecule has 2 saturated heterocycles. The number of hydrogen-bond acceptors (Lipinski definition) is 3. The van der Waals surface area contributed by atoms with Crippen LogP contribution in [0.2, 0.25) is 0 Å². The minimum absolute atomic E-state index is 0.0684. The van der Waals surface area contributed by atoms with Gasteiger partial charge in [0.2, 0.25) is 11.8 Å². The first-order chi connectivity index (χ1) is 14.6. The lowest BCUT2D eigenvalue weighted by molar-refractivity contribution is -0.218. The van der Waals surface area contributed by atoms with E-state index in [1.807, 2.05) is 44.2 Å². The van der Waals surface area contributed by atoms with Gasteiger partial charge in [0.1, 0.15) is 0 Å². The van der Waals surface area contributed by atoms with Gasteiger partial charge in [0.25, 0.3) is 0 Å². The number of hydrogen-bond donors (Lipinski definition) is 1. The van der Waals surface area contributed by atoms with Gasteiger partial charge in [0.15, 0.2) is 5.41 Å². The van der Waals surface area contributed by atoms with Crippen molar-refractivity contribution in [1.82, 2.24) is 15.1 Å². The summed E-state index contributed by atoms with van der Waals surface area (Å²) in [5.74, 6) is -0.598. The second-order valence-electron chi connectivity index (χ2n) is 9.25. The average molecular weight is 440 g/mol. The van der Waals surface area contributed by atoms with E-state index in [9.17, 15) is 22.8 Å². The highest BCUT2D eigenvalue weighted by atomic mass is 19.4. The van der Waals surface area contributed by atoms with E-state index in [2.05, 4.69) is 5.32 Å². The molecule has 1 aromatic carbocycles. The molecule has 3 rings (SSSR count). The summed E-state index contributed by atoms with van der Waals surface area (Å²) in [6, 6.07) is 8.99. The molecule has 8 heteroatoms. The van der Waals surface area contributed by atoms with E-state index < -0.39 is 17.5 Å². The van der Waals surface area contributed by atoms with E-state index in [1.54, 1.807) is 9.80 Å². The summed E-state index contributed by atoms with van der Waals surface area (Å²) in [7, 11) is 0. The van der Waals surface area contributed by atoms with Gasteiger partial charge < -0.3 is 10.2 Å². The number of carbonyl (C=O) groups is 2. The van der Waals surface area contributed by atoms with Gasteiger partial charge in [-0.05, 0) is 37.3 Å². The smallest absolute Gasteiger partial charge is 0.352 e. The summed E-state index contributed by atoms with van der Waals surface area (Å²) in [4.78, 5) is 28.6. The molecule has 2 aliphatic heterocycles. The van der Waals surface area contributed by atoms with Crippen molar-refractivity contribution in [1.29, 1.82) is 0 Å². The van der Waals surface area contributed by atoms with E-state index in [0.717, 1.165) is 5.56 Å². The summed E-state index contributed by atoms with van der Waals surface area (Å²) in [6.45, 7) is 5.18. The monoisotopic (exact) mass is 439 g/mol. The standard InChI is InChI=1S/C23H32F3N3O2/c1-17(2)14-20(30)29-11-8-19(9-12-29)27-21(31)22(23(24,25)26)10-13-28(16-22)15-18-6-4-3-5-7-18/h3-7,17,19H,8-16H2,1-2H3,(H,27,31). The van der Waals surface area contributed by atoms with E-state index in [1.165, 1.54) is 0 Å². The van der Waals surface area contributed by atoms with Crippen LogP contribution in [0.25, 0.3) is 0 Å². The number of amides is 2. The van der Waals surface area contributed by atoms with Gasteiger partial charge >= 0.3 is 6.18 Å². The minimum atomic E-state index is -4.61. The van der Waals surface area contributed by atoms with Crippen LogP contribution in [0.3, 0.4) is 0 Å². The van der Waals surface area contributed by atoms with Crippen molar-refractivity contribution in [3.05, 3.63) is 35.9 Å². The Morgan fingerprint density at radius 3 is 2.35 bits per heavy atom. The Morgan fingerprint density at radius 2 is 1.77 bits per heavy atom. The number of piperidine rings is 1. The number of carbonyl (C=O) groups excluding carboxylic acids is 2. The van der Waals surface area contributed by atoms with Crippen LogP contribution < -0.4 is 5.32 Å². The molecule has 172 valence electrons. The van der Waals surface area contributed by atoms with Gasteiger partial charge in [0, 0.05) is 38.6 Å². The van der Waals surface area contributed by atoms with Gasteiger partial charge in [-0.15, -0.1) is 0 Å². The van der Waals surface area contributed by atoms with Crippen LogP contribution in [0.5, 0.6) is 0 Å². The fourth-order valence-electron chi connectivity index (χ4n) is 4.49. The Morgan fingerprint density at radius 1 is 1.13 bits per heavy atom. The lowest BCUT2D eigenvalue weighted by Crippen LogP contribution is -2.56. The number of nitrogens with one attached hydrogen (secondary N) is 1. The van der Waals surface area contributed by atoms with E-state index >= 15 is 0 Å². The second kappa shape index (κ2) is 9.59. The number of alkyl halides is 3. The Kier molecular flexibility index (Phi) is 7.29. The number of benzene rings is 1. The van der Waals surface area contributed by atoms with Crippen molar-refractivity contribution in [3.63, 3.8) is 0 Å². The first kappa shape index (κ1) is 23.6. The molecule has 0 spiro atoms. The molecule has 31 heavy (non-hydrogen) atoms. The zero-order chi connectivity index (χ0) is 22.6. The second-order valence-corrected chi connectivity index (χ2v) is 9.25. The van der Waals surface area contributed by atoms with Crippen molar-refractivity contribution in [2.45, 2.75) is 58.3 Å².